The summed E-state index contributed by atoms with van der Waals surface area (Å²) in [5.74, 6) is -0.438. The molecule has 2 aliphatic rings. The molecule has 1 aromatic rings. The van der Waals surface area contributed by atoms with E-state index in [4.69, 9.17) is 23.2 Å². The van der Waals surface area contributed by atoms with Crippen molar-refractivity contribution in [1.82, 2.24) is 9.21 Å². The second kappa shape index (κ2) is 6.16. The molecule has 1 aromatic carbocycles. The molecular formula is C16H20Cl2N2O3S. The molecule has 1 saturated carbocycles. The van der Waals surface area contributed by atoms with Crippen molar-refractivity contribution in [3.8, 4) is 0 Å². The lowest BCUT2D eigenvalue weighted by Crippen LogP contribution is -2.51. The van der Waals surface area contributed by atoms with Crippen LogP contribution in [0.25, 0.3) is 0 Å². The molecule has 3 rings (SSSR count). The fourth-order valence-corrected chi connectivity index (χ4v) is 4.88. The van der Waals surface area contributed by atoms with Crippen molar-refractivity contribution in [1.29, 1.82) is 0 Å². The molecule has 5 nitrogen and oxygen atoms in total. The lowest BCUT2D eigenvalue weighted by atomic mass is 10.1. The number of hydrogen-bond acceptors (Lipinski definition) is 3. The van der Waals surface area contributed by atoms with Gasteiger partial charge in [-0.1, -0.05) is 6.07 Å². The number of carbonyl (C=O) groups is 1. The maximum Gasteiger partial charge on any atom is 0.243 e. The summed E-state index contributed by atoms with van der Waals surface area (Å²) in [6.45, 7) is 5.13. The predicted octanol–water partition coefficient (Wildman–Crippen LogP) is 2.33. The van der Waals surface area contributed by atoms with Crippen molar-refractivity contribution in [2.75, 3.05) is 26.2 Å². The highest BCUT2D eigenvalue weighted by Gasteiger charge is 2.57. The Morgan fingerprint density at radius 1 is 1.12 bits per heavy atom. The molecule has 8 heteroatoms. The van der Waals surface area contributed by atoms with Crippen LogP contribution in [0.2, 0.25) is 0 Å². The maximum atomic E-state index is 12.8. The first-order valence-electron chi connectivity index (χ1n) is 7.87. The first-order chi connectivity index (χ1) is 11.1. The van der Waals surface area contributed by atoms with Crippen LogP contribution in [0.4, 0.5) is 0 Å². The van der Waals surface area contributed by atoms with Crippen LogP contribution >= 0.6 is 23.2 Å². The van der Waals surface area contributed by atoms with E-state index in [1.165, 1.54) is 4.31 Å². The summed E-state index contributed by atoms with van der Waals surface area (Å²) in [7, 11) is -3.53. The molecule has 0 aromatic heterocycles. The predicted molar refractivity (Wildman–Crippen MR) is 93.8 cm³/mol. The van der Waals surface area contributed by atoms with Gasteiger partial charge in [0, 0.05) is 26.2 Å². The monoisotopic (exact) mass is 390 g/mol. The largest absolute Gasteiger partial charge is 0.340 e. The Morgan fingerprint density at radius 3 is 2.21 bits per heavy atom. The van der Waals surface area contributed by atoms with Crippen LogP contribution in [0.3, 0.4) is 0 Å². The van der Waals surface area contributed by atoms with Gasteiger partial charge in [-0.25, -0.2) is 8.42 Å². The smallest absolute Gasteiger partial charge is 0.243 e. The zero-order valence-corrected chi connectivity index (χ0v) is 16.0. The van der Waals surface area contributed by atoms with E-state index >= 15 is 0 Å². The number of alkyl halides is 2. The van der Waals surface area contributed by atoms with Gasteiger partial charge in [-0.05, 0) is 43.5 Å². The van der Waals surface area contributed by atoms with Crippen LogP contribution in [0.1, 0.15) is 17.5 Å². The highest BCUT2D eigenvalue weighted by atomic mass is 35.5. The number of sulfonamides is 1. The Bertz CT molecular complexity index is 772. The van der Waals surface area contributed by atoms with Gasteiger partial charge in [-0.2, -0.15) is 4.31 Å². The van der Waals surface area contributed by atoms with Gasteiger partial charge in [0.25, 0.3) is 0 Å². The Balaban J connectivity index is 1.67. The second-order valence-electron chi connectivity index (χ2n) is 6.49. The summed E-state index contributed by atoms with van der Waals surface area (Å²) in [4.78, 5) is 14.2. The topological polar surface area (TPSA) is 57.7 Å². The number of aryl methyl sites for hydroxylation is 2. The van der Waals surface area contributed by atoms with Gasteiger partial charge in [0.15, 0.2) is 0 Å². The molecule has 132 valence electrons. The average molecular weight is 391 g/mol. The first-order valence-corrected chi connectivity index (χ1v) is 10.1. The molecule has 1 aliphatic heterocycles. The van der Waals surface area contributed by atoms with Crippen LogP contribution in [0.5, 0.6) is 0 Å². The van der Waals surface area contributed by atoms with Crippen molar-refractivity contribution < 1.29 is 13.2 Å². The highest BCUT2D eigenvalue weighted by Crippen LogP contribution is 2.53. The number of benzene rings is 1. The van der Waals surface area contributed by atoms with Crippen molar-refractivity contribution in [3.63, 3.8) is 0 Å². The highest BCUT2D eigenvalue weighted by molar-refractivity contribution is 7.89. The van der Waals surface area contributed by atoms with E-state index in [2.05, 4.69) is 0 Å². The van der Waals surface area contributed by atoms with Crippen LogP contribution in [0, 0.1) is 19.8 Å². The van der Waals surface area contributed by atoms with Crippen LogP contribution in [0.15, 0.2) is 23.1 Å². The van der Waals surface area contributed by atoms with Gasteiger partial charge in [0.2, 0.25) is 15.9 Å². The number of amides is 1. The van der Waals surface area contributed by atoms with E-state index in [1.807, 2.05) is 19.9 Å². The number of halogens is 2. The fourth-order valence-electron chi connectivity index (χ4n) is 2.87. The standard InChI is InChI=1S/C16H20Cl2N2O3S/c1-11-3-4-13(9-12(11)2)24(22,23)20-7-5-19(6-8-20)15(21)14-10-16(14,17)18/h3-4,9,14H,5-8,10H2,1-2H3/t14-/m1/s1. The number of rotatable bonds is 3. The van der Waals surface area contributed by atoms with Crippen molar-refractivity contribution in [3.05, 3.63) is 29.3 Å². The van der Waals surface area contributed by atoms with Gasteiger partial charge < -0.3 is 4.90 Å². The molecule has 1 heterocycles. The van der Waals surface area contributed by atoms with Crippen LogP contribution in [-0.2, 0) is 14.8 Å². The summed E-state index contributed by atoms with van der Waals surface area (Å²) in [6.07, 6.45) is 0.468. The van der Waals surface area contributed by atoms with Crippen molar-refractivity contribution in [2.45, 2.75) is 29.5 Å². The van der Waals surface area contributed by atoms with Crippen molar-refractivity contribution >= 4 is 39.1 Å². The maximum absolute atomic E-state index is 12.8. The SMILES string of the molecule is Cc1ccc(S(=O)(=O)N2CCN(C(=O)[C@H]3CC3(Cl)Cl)CC2)cc1C. The van der Waals surface area contributed by atoms with Crippen molar-refractivity contribution in [2.24, 2.45) is 5.92 Å². The second-order valence-corrected chi connectivity index (χ2v) is 9.97. The molecular weight excluding hydrogens is 371 g/mol. The van der Waals surface area contributed by atoms with Crippen LogP contribution < -0.4 is 0 Å². The molecule has 0 bridgehead atoms. The lowest BCUT2D eigenvalue weighted by molar-refractivity contribution is -0.133. The number of nitrogens with zero attached hydrogens (tertiary/aromatic N) is 2. The van der Waals surface area contributed by atoms with Gasteiger partial charge in [0.05, 0.1) is 10.8 Å². The van der Waals surface area contributed by atoms with E-state index in [9.17, 15) is 13.2 Å². The molecule has 0 N–H and O–H groups in total. The zero-order valence-electron chi connectivity index (χ0n) is 13.6. The Labute approximate surface area is 152 Å². The normalized spacial score (nSPS) is 24.0. The third-order valence-corrected chi connectivity index (χ3v) is 7.52. The zero-order chi connectivity index (χ0) is 17.7. The molecule has 1 aliphatic carbocycles. The summed E-state index contributed by atoms with van der Waals surface area (Å²) in [6, 6.07) is 5.14. The van der Waals surface area contributed by atoms with E-state index in [0.29, 0.717) is 24.4 Å². The third-order valence-electron chi connectivity index (χ3n) is 4.79. The molecule has 1 amide bonds. The minimum absolute atomic E-state index is 0.0803. The van der Waals surface area contributed by atoms with Gasteiger partial charge in [-0.3, -0.25) is 4.79 Å². The fraction of sp³-hybridized carbons (Fsp3) is 0.562. The minimum Gasteiger partial charge on any atom is -0.340 e. The molecule has 1 atom stereocenters. The summed E-state index contributed by atoms with van der Waals surface area (Å²) < 4.78 is 26.0. The lowest BCUT2D eigenvalue weighted by Gasteiger charge is -2.34. The third kappa shape index (κ3) is 3.29. The summed E-state index contributed by atoms with van der Waals surface area (Å²) >= 11 is 11.9. The molecule has 1 saturated heterocycles. The van der Waals surface area contributed by atoms with Crippen LogP contribution in [-0.4, -0.2) is 54.0 Å². The minimum atomic E-state index is -3.53. The van der Waals surface area contributed by atoms with E-state index in [1.54, 1.807) is 17.0 Å². The summed E-state index contributed by atoms with van der Waals surface area (Å²) in [5, 5.41) is 0. The van der Waals surface area contributed by atoms with Gasteiger partial charge in [-0.15, -0.1) is 23.2 Å². The average Bonchev–Trinajstić information content (AvgIpc) is 3.18. The number of carbonyl (C=O) groups excluding carboxylic acids is 1. The van der Waals surface area contributed by atoms with Gasteiger partial charge >= 0.3 is 0 Å². The quantitative estimate of drug-likeness (QED) is 0.744. The Kier molecular flexibility index (Phi) is 4.62. The first kappa shape index (κ1) is 18.0. The molecule has 0 unspecified atom stereocenters. The van der Waals surface area contributed by atoms with Gasteiger partial charge in [0.1, 0.15) is 4.33 Å². The van der Waals surface area contributed by atoms with E-state index < -0.39 is 14.4 Å². The Morgan fingerprint density at radius 2 is 1.71 bits per heavy atom. The Hall–Kier alpha value is -0.820. The van der Waals surface area contributed by atoms with E-state index in [0.717, 1.165) is 11.1 Å². The number of hydrogen-bond donors (Lipinski definition) is 0. The molecule has 24 heavy (non-hydrogen) atoms. The van der Waals surface area contributed by atoms with E-state index in [-0.39, 0.29) is 24.9 Å². The molecule has 2 fully saturated rings. The molecule has 0 spiro atoms. The molecule has 0 radical (unpaired) electrons. The summed E-state index contributed by atoms with van der Waals surface area (Å²) in [5.41, 5.74) is 2.00. The number of piperazine rings is 1.